The molecule has 0 saturated carbocycles. The topological polar surface area (TPSA) is 46.4 Å². The van der Waals surface area contributed by atoms with Crippen LogP contribution in [0, 0.1) is 10.1 Å². The van der Waals surface area contributed by atoms with Crippen LogP contribution < -0.4 is 0 Å². The second-order valence-corrected chi connectivity index (χ2v) is 6.46. The van der Waals surface area contributed by atoms with Gasteiger partial charge in [0.15, 0.2) is 0 Å². The van der Waals surface area contributed by atoms with Gasteiger partial charge in [-0.05, 0) is 24.9 Å². The summed E-state index contributed by atoms with van der Waals surface area (Å²) in [6.07, 6.45) is 5.79. The molecule has 0 spiro atoms. The molecule has 0 atom stereocenters. The predicted molar refractivity (Wildman–Crippen MR) is 103 cm³/mol. The summed E-state index contributed by atoms with van der Waals surface area (Å²) < 4.78 is 0. The maximum absolute atomic E-state index is 11.3. The monoisotopic (exact) mass is 340 g/mol. The maximum atomic E-state index is 11.3. The van der Waals surface area contributed by atoms with Crippen LogP contribution in [0.1, 0.15) is 43.7 Å². The molecule has 2 rings (SSSR count). The summed E-state index contributed by atoms with van der Waals surface area (Å²) in [5.41, 5.74) is 2.33. The van der Waals surface area contributed by atoms with Gasteiger partial charge in [0.1, 0.15) is 0 Å². The SMILES string of the molecule is CCCCCCN(CCc1ccccc1)Cc1ccccc1[N+](=O)[O-]. The van der Waals surface area contributed by atoms with Gasteiger partial charge in [-0.1, -0.05) is 74.7 Å². The first-order chi connectivity index (χ1) is 12.2. The van der Waals surface area contributed by atoms with Crippen molar-refractivity contribution in [3.8, 4) is 0 Å². The van der Waals surface area contributed by atoms with E-state index >= 15 is 0 Å². The van der Waals surface area contributed by atoms with Crippen molar-refractivity contribution in [2.75, 3.05) is 13.1 Å². The molecule has 134 valence electrons. The number of rotatable bonds is 11. The summed E-state index contributed by atoms with van der Waals surface area (Å²) in [5, 5.41) is 11.3. The molecule has 0 aromatic heterocycles. The summed E-state index contributed by atoms with van der Waals surface area (Å²) in [4.78, 5) is 13.3. The lowest BCUT2D eigenvalue weighted by atomic mass is 10.1. The minimum Gasteiger partial charge on any atom is -0.298 e. The number of hydrogen-bond acceptors (Lipinski definition) is 3. The van der Waals surface area contributed by atoms with E-state index in [4.69, 9.17) is 0 Å². The molecule has 2 aromatic rings. The van der Waals surface area contributed by atoms with Crippen molar-refractivity contribution in [2.24, 2.45) is 0 Å². The molecule has 0 N–H and O–H groups in total. The van der Waals surface area contributed by atoms with Crippen molar-refractivity contribution in [1.82, 2.24) is 4.90 Å². The number of nitro benzene ring substituents is 1. The Kier molecular flexibility index (Phi) is 8.13. The van der Waals surface area contributed by atoms with Gasteiger partial charge in [0.25, 0.3) is 5.69 Å². The third kappa shape index (κ3) is 6.67. The molecule has 4 heteroatoms. The average Bonchev–Trinajstić information content (AvgIpc) is 2.64. The molecule has 0 aliphatic carbocycles. The third-order valence-electron chi connectivity index (χ3n) is 4.47. The van der Waals surface area contributed by atoms with E-state index in [1.165, 1.54) is 24.8 Å². The molecule has 0 saturated heterocycles. The van der Waals surface area contributed by atoms with Crippen LogP contribution in [0.25, 0.3) is 0 Å². The molecule has 0 radical (unpaired) electrons. The Morgan fingerprint density at radius 1 is 0.920 bits per heavy atom. The fourth-order valence-electron chi connectivity index (χ4n) is 3.03. The molecule has 0 bridgehead atoms. The molecule has 0 amide bonds. The van der Waals surface area contributed by atoms with Crippen LogP contribution >= 0.6 is 0 Å². The smallest absolute Gasteiger partial charge is 0.273 e. The molecule has 0 aliphatic heterocycles. The third-order valence-corrected chi connectivity index (χ3v) is 4.47. The van der Waals surface area contributed by atoms with Gasteiger partial charge in [0.2, 0.25) is 0 Å². The van der Waals surface area contributed by atoms with Crippen molar-refractivity contribution >= 4 is 5.69 Å². The number of nitro groups is 1. The molecular weight excluding hydrogens is 312 g/mol. The lowest BCUT2D eigenvalue weighted by molar-refractivity contribution is -0.385. The molecule has 25 heavy (non-hydrogen) atoms. The summed E-state index contributed by atoms with van der Waals surface area (Å²) in [7, 11) is 0. The van der Waals surface area contributed by atoms with E-state index in [1.807, 2.05) is 18.2 Å². The van der Waals surface area contributed by atoms with Gasteiger partial charge in [0.05, 0.1) is 4.92 Å². The van der Waals surface area contributed by atoms with Gasteiger partial charge in [-0.3, -0.25) is 15.0 Å². The zero-order chi connectivity index (χ0) is 17.9. The van der Waals surface area contributed by atoms with Gasteiger partial charge >= 0.3 is 0 Å². The summed E-state index contributed by atoms with van der Waals surface area (Å²) >= 11 is 0. The van der Waals surface area contributed by atoms with Crippen LogP contribution in [0.3, 0.4) is 0 Å². The van der Waals surface area contributed by atoms with E-state index in [2.05, 4.69) is 36.1 Å². The van der Waals surface area contributed by atoms with Crippen LogP contribution in [0.2, 0.25) is 0 Å². The Morgan fingerprint density at radius 3 is 2.36 bits per heavy atom. The molecule has 0 unspecified atom stereocenters. The first-order valence-electron chi connectivity index (χ1n) is 9.19. The highest BCUT2D eigenvalue weighted by Crippen LogP contribution is 2.20. The number of nitrogens with zero attached hydrogens (tertiary/aromatic N) is 2. The molecule has 0 heterocycles. The summed E-state index contributed by atoms with van der Waals surface area (Å²) in [5.74, 6) is 0. The van der Waals surface area contributed by atoms with Gasteiger partial charge in [0, 0.05) is 24.7 Å². The van der Waals surface area contributed by atoms with Crippen LogP contribution in [0.4, 0.5) is 5.69 Å². The van der Waals surface area contributed by atoms with Crippen LogP contribution in [-0.4, -0.2) is 22.9 Å². The largest absolute Gasteiger partial charge is 0.298 e. The van der Waals surface area contributed by atoms with Crippen LogP contribution in [-0.2, 0) is 13.0 Å². The number of hydrogen-bond donors (Lipinski definition) is 0. The number of unbranched alkanes of at least 4 members (excludes halogenated alkanes) is 3. The molecular formula is C21H28N2O2. The highest BCUT2D eigenvalue weighted by atomic mass is 16.6. The van der Waals surface area contributed by atoms with E-state index in [9.17, 15) is 10.1 Å². The fraction of sp³-hybridized carbons (Fsp3) is 0.429. The average molecular weight is 340 g/mol. The maximum Gasteiger partial charge on any atom is 0.273 e. The Balaban J connectivity index is 2.01. The van der Waals surface area contributed by atoms with Crippen LogP contribution in [0.15, 0.2) is 54.6 Å². The van der Waals surface area contributed by atoms with E-state index in [0.29, 0.717) is 6.54 Å². The normalized spacial score (nSPS) is 11.0. The highest BCUT2D eigenvalue weighted by Gasteiger charge is 2.15. The quantitative estimate of drug-likeness (QED) is 0.320. The first-order valence-corrected chi connectivity index (χ1v) is 9.19. The van der Waals surface area contributed by atoms with Gasteiger partial charge in [-0.2, -0.15) is 0 Å². The van der Waals surface area contributed by atoms with Crippen molar-refractivity contribution < 1.29 is 4.92 Å². The molecule has 2 aromatic carbocycles. The van der Waals surface area contributed by atoms with Crippen molar-refractivity contribution in [2.45, 2.75) is 45.6 Å². The Hall–Kier alpha value is -2.20. The minimum absolute atomic E-state index is 0.223. The fourth-order valence-corrected chi connectivity index (χ4v) is 3.03. The lowest BCUT2D eigenvalue weighted by Gasteiger charge is -2.22. The number of para-hydroxylation sites is 1. The zero-order valence-electron chi connectivity index (χ0n) is 15.1. The van der Waals surface area contributed by atoms with Crippen molar-refractivity contribution in [1.29, 1.82) is 0 Å². The zero-order valence-corrected chi connectivity index (χ0v) is 15.1. The Morgan fingerprint density at radius 2 is 1.64 bits per heavy atom. The molecule has 0 fully saturated rings. The molecule has 0 aliphatic rings. The lowest BCUT2D eigenvalue weighted by Crippen LogP contribution is -2.27. The summed E-state index contributed by atoms with van der Waals surface area (Å²) in [6.45, 7) is 4.75. The van der Waals surface area contributed by atoms with Gasteiger partial charge < -0.3 is 0 Å². The van der Waals surface area contributed by atoms with Crippen molar-refractivity contribution in [3.63, 3.8) is 0 Å². The molecule has 4 nitrogen and oxygen atoms in total. The second kappa shape index (κ2) is 10.6. The Bertz CT molecular complexity index is 643. The highest BCUT2D eigenvalue weighted by molar-refractivity contribution is 5.39. The summed E-state index contributed by atoms with van der Waals surface area (Å²) in [6, 6.07) is 17.5. The standard InChI is InChI=1S/C21H28N2O2/c1-2-3-4-10-16-22(17-15-19-11-6-5-7-12-19)18-20-13-8-9-14-21(20)23(24)25/h5-9,11-14H,2-4,10,15-18H2,1H3. The number of benzene rings is 2. The predicted octanol–water partition coefficient (Wildman–Crippen LogP) is 5.22. The second-order valence-electron chi connectivity index (χ2n) is 6.46. The van der Waals surface area contributed by atoms with E-state index in [1.54, 1.807) is 12.1 Å². The minimum atomic E-state index is -0.276. The van der Waals surface area contributed by atoms with Crippen molar-refractivity contribution in [3.05, 3.63) is 75.8 Å². The van der Waals surface area contributed by atoms with Gasteiger partial charge in [-0.15, -0.1) is 0 Å². The first kappa shape index (κ1) is 19.1. The van der Waals surface area contributed by atoms with Gasteiger partial charge in [-0.25, -0.2) is 0 Å². The Labute approximate surface area is 150 Å². The van der Waals surface area contributed by atoms with E-state index < -0.39 is 0 Å². The van der Waals surface area contributed by atoms with Crippen LogP contribution in [0.5, 0.6) is 0 Å². The van der Waals surface area contributed by atoms with E-state index in [-0.39, 0.29) is 10.6 Å². The van der Waals surface area contributed by atoms with E-state index in [0.717, 1.165) is 31.5 Å².